The molecule has 1 unspecified atom stereocenters. The van der Waals surface area contributed by atoms with E-state index in [1.165, 1.54) is 6.92 Å². The SMILES string of the molecule is COc1ccc(N2C(=O)C(OC(C)=O)[C@@H]2C(C)C)cc1. The summed E-state index contributed by atoms with van der Waals surface area (Å²) in [6.45, 7) is 5.33. The summed E-state index contributed by atoms with van der Waals surface area (Å²) in [7, 11) is 1.59. The number of rotatable bonds is 4. The van der Waals surface area contributed by atoms with Crippen molar-refractivity contribution in [3.63, 3.8) is 0 Å². The number of carbonyl (C=O) groups excluding carboxylic acids is 2. The lowest BCUT2D eigenvalue weighted by molar-refractivity contribution is -0.161. The van der Waals surface area contributed by atoms with E-state index in [0.29, 0.717) is 0 Å². The predicted molar refractivity (Wildman–Crippen MR) is 74.7 cm³/mol. The quantitative estimate of drug-likeness (QED) is 0.624. The molecule has 1 fully saturated rings. The van der Waals surface area contributed by atoms with Crippen LogP contribution in [0.1, 0.15) is 20.8 Å². The number of β-lactam (4-membered cyclic amide) rings is 1. The van der Waals surface area contributed by atoms with Crippen LogP contribution in [-0.2, 0) is 14.3 Å². The fourth-order valence-corrected chi connectivity index (χ4v) is 2.47. The predicted octanol–water partition coefficient (Wildman–Crippen LogP) is 2.00. The molecule has 1 heterocycles. The summed E-state index contributed by atoms with van der Waals surface area (Å²) in [5.41, 5.74) is 0.790. The number of hydrogen-bond donors (Lipinski definition) is 0. The van der Waals surface area contributed by atoms with Crippen molar-refractivity contribution in [1.29, 1.82) is 0 Å². The van der Waals surface area contributed by atoms with Crippen LogP contribution < -0.4 is 9.64 Å². The number of methoxy groups -OCH3 is 1. The molecule has 0 radical (unpaired) electrons. The first kappa shape index (κ1) is 14.4. The molecule has 2 rings (SSSR count). The van der Waals surface area contributed by atoms with Crippen molar-refractivity contribution in [2.75, 3.05) is 12.0 Å². The van der Waals surface area contributed by atoms with Crippen molar-refractivity contribution in [1.82, 2.24) is 0 Å². The molecule has 1 aliphatic heterocycles. The Balaban J connectivity index is 2.22. The topological polar surface area (TPSA) is 55.8 Å². The Labute approximate surface area is 118 Å². The van der Waals surface area contributed by atoms with Crippen molar-refractivity contribution >= 4 is 17.6 Å². The number of anilines is 1. The Hall–Kier alpha value is -2.04. The number of ether oxygens (including phenoxy) is 2. The maximum Gasteiger partial charge on any atom is 0.303 e. The van der Waals surface area contributed by atoms with E-state index in [2.05, 4.69) is 0 Å². The molecular formula is C15H19NO4. The molecule has 1 aromatic carbocycles. The van der Waals surface area contributed by atoms with Gasteiger partial charge in [0.05, 0.1) is 13.2 Å². The highest BCUT2D eigenvalue weighted by Gasteiger charge is 2.51. The highest BCUT2D eigenvalue weighted by Crippen LogP contribution is 2.35. The Bertz CT molecular complexity index is 509. The lowest BCUT2D eigenvalue weighted by atomic mass is 9.87. The molecule has 5 nitrogen and oxygen atoms in total. The number of benzene rings is 1. The number of amides is 1. The van der Waals surface area contributed by atoms with Gasteiger partial charge in [0.1, 0.15) is 5.75 Å². The van der Waals surface area contributed by atoms with Crippen LogP contribution in [0.2, 0.25) is 0 Å². The molecular weight excluding hydrogens is 258 g/mol. The molecule has 108 valence electrons. The maximum atomic E-state index is 12.2. The van der Waals surface area contributed by atoms with E-state index in [4.69, 9.17) is 9.47 Å². The zero-order valence-corrected chi connectivity index (χ0v) is 12.1. The second kappa shape index (κ2) is 5.53. The van der Waals surface area contributed by atoms with Crippen molar-refractivity contribution in [3.8, 4) is 5.75 Å². The molecule has 1 saturated heterocycles. The average molecular weight is 277 g/mol. The lowest BCUT2D eigenvalue weighted by Crippen LogP contribution is -2.68. The van der Waals surface area contributed by atoms with Gasteiger partial charge in [0.2, 0.25) is 6.10 Å². The smallest absolute Gasteiger partial charge is 0.303 e. The van der Waals surface area contributed by atoms with E-state index in [1.54, 1.807) is 24.1 Å². The van der Waals surface area contributed by atoms with Crippen LogP contribution in [0.15, 0.2) is 24.3 Å². The van der Waals surface area contributed by atoms with Crippen molar-refractivity contribution in [2.45, 2.75) is 32.9 Å². The van der Waals surface area contributed by atoms with Gasteiger partial charge in [-0.3, -0.25) is 9.59 Å². The molecule has 0 aromatic heterocycles. The summed E-state index contributed by atoms with van der Waals surface area (Å²) in [5, 5.41) is 0. The Morgan fingerprint density at radius 1 is 1.25 bits per heavy atom. The minimum absolute atomic E-state index is 0.125. The van der Waals surface area contributed by atoms with Crippen molar-refractivity contribution in [3.05, 3.63) is 24.3 Å². The lowest BCUT2D eigenvalue weighted by Gasteiger charge is -2.48. The van der Waals surface area contributed by atoms with Gasteiger partial charge in [-0.25, -0.2) is 0 Å². The van der Waals surface area contributed by atoms with Gasteiger partial charge in [-0.05, 0) is 30.2 Å². The first-order valence-corrected chi connectivity index (χ1v) is 6.60. The standard InChI is InChI=1S/C15H19NO4/c1-9(2)13-14(20-10(3)17)15(18)16(13)11-5-7-12(19-4)8-6-11/h5-9,13-14H,1-4H3/t13-,14?/m0/s1. The van der Waals surface area contributed by atoms with E-state index >= 15 is 0 Å². The third-order valence-corrected chi connectivity index (χ3v) is 3.42. The molecule has 5 heteroatoms. The molecule has 20 heavy (non-hydrogen) atoms. The van der Waals surface area contributed by atoms with Crippen LogP contribution in [0.5, 0.6) is 5.75 Å². The zero-order valence-electron chi connectivity index (χ0n) is 12.1. The molecule has 0 saturated carbocycles. The number of carbonyl (C=O) groups is 2. The Kier molecular flexibility index (Phi) is 3.97. The van der Waals surface area contributed by atoms with Gasteiger partial charge in [-0.15, -0.1) is 0 Å². The minimum Gasteiger partial charge on any atom is -0.497 e. The highest BCUT2D eigenvalue weighted by molar-refractivity contribution is 6.05. The molecule has 0 aliphatic carbocycles. The Morgan fingerprint density at radius 2 is 1.85 bits per heavy atom. The zero-order chi connectivity index (χ0) is 14.9. The van der Waals surface area contributed by atoms with Crippen LogP contribution in [0.25, 0.3) is 0 Å². The fourth-order valence-electron chi connectivity index (χ4n) is 2.47. The Morgan fingerprint density at radius 3 is 2.30 bits per heavy atom. The van der Waals surface area contributed by atoms with E-state index in [0.717, 1.165) is 11.4 Å². The first-order chi connectivity index (χ1) is 9.45. The van der Waals surface area contributed by atoms with Gasteiger partial charge in [-0.2, -0.15) is 0 Å². The second-order valence-corrected chi connectivity index (χ2v) is 5.17. The summed E-state index contributed by atoms with van der Waals surface area (Å²) in [6, 6.07) is 7.14. The van der Waals surface area contributed by atoms with Crippen LogP contribution in [0, 0.1) is 5.92 Å². The van der Waals surface area contributed by atoms with Crippen LogP contribution in [-0.4, -0.2) is 31.1 Å². The number of hydrogen-bond acceptors (Lipinski definition) is 4. The highest BCUT2D eigenvalue weighted by atomic mass is 16.6. The van der Waals surface area contributed by atoms with Gasteiger partial charge in [0.25, 0.3) is 5.91 Å². The summed E-state index contributed by atoms with van der Waals surface area (Å²) in [4.78, 5) is 24.9. The monoisotopic (exact) mass is 277 g/mol. The molecule has 2 atom stereocenters. The minimum atomic E-state index is -0.672. The molecule has 1 aliphatic rings. The third kappa shape index (κ3) is 2.48. The van der Waals surface area contributed by atoms with E-state index < -0.39 is 12.1 Å². The van der Waals surface area contributed by atoms with E-state index in [9.17, 15) is 9.59 Å². The number of nitrogens with zero attached hydrogens (tertiary/aromatic N) is 1. The second-order valence-electron chi connectivity index (χ2n) is 5.17. The maximum absolute atomic E-state index is 12.2. The third-order valence-electron chi connectivity index (χ3n) is 3.42. The van der Waals surface area contributed by atoms with Crippen molar-refractivity contribution in [2.24, 2.45) is 5.92 Å². The summed E-state index contributed by atoms with van der Waals surface area (Å²) >= 11 is 0. The number of esters is 1. The van der Waals surface area contributed by atoms with Gasteiger partial charge >= 0.3 is 5.97 Å². The normalized spacial score (nSPS) is 21.6. The van der Waals surface area contributed by atoms with E-state index in [-0.39, 0.29) is 17.9 Å². The van der Waals surface area contributed by atoms with Crippen LogP contribution in [0.4, 0.5) is 5.69 Å². The summed E-state index contributed by atoms with van der Waals surface area (Å²) in [6.07, 6.45) is -0.672. The van der Waals surface area contributed by atoms with Crippen molar-refractivity contribution < 1.29 is 19.1 Å². The molecule has 1 aromatic rings. The average Bonchev–Trinajstić information content (AvgIpc) is 2.41. The molecule has 0 N–H and O–H groups in total. The molecule has 0 bridgehead atoms. The van der Waals surface area contributed by atoms with Gasteiger partial charge in [-0.1, -0.05) is 13.8 Å². The van der Waals surface area contributed by atoms with Gasteiger partial charge < -0.3 is 14.4 Å². The molecule has 1 amide bonds. The largest absolute Gasteiger partial charge is 0.497 e. The van der Waals surface area contributed by atoms with Gasteiger partial charge in [0, 0.05) is 12.6 Å². The van der Waals surface area contributed by atoms with Crippen LogP contribution >= 0.6 is 0 Å². The van der Waals surface area contributed by atoms with Gasteiger partial charge in [0.15, 0.2) is 0 Å². The fraction of sp³-hybridized carbons (Fsp3) is 0.467. The molecule has 0 spiro atoms. The summed E-state index contributed by atoms with van der Waals surface area (Å²) in [5.74, 6) is 0.325. The van der Waals surface area contributed by atoms with E-state index in [1.807, 2.05) is 26.0 Å². The van der Waals surface area contributed by atoms with Crippen LogP contribution in [0.3, 0.4) is 0 Å². The first-order valence-electron chi connectivity index (χ1n) is 6.60. The summed E-state index contributed by atoms with van der Waals surface area (Å²) < 4.78 is 10.2.